The number of carbonyl (C=O) groups excluding carboxylic acids is 2. The quantitative estimate of drug-likeness (QED) is 0.755. The third-order valence-corrected chi connectivity index (χ3v) is 5.27. The number of likely N-dealkylation sites (tertiary alicyclic amines) is 1. The van der Waals surface area contributed by atoms with Crippen LogP contribution in [0.15, 0.2) is 48.5 Å². The van der Waals surface area contributed by atoms with Crippen molar-refractivity contribution in [2.24, 2.45) is 5.92 Å². The predicted octanol–water partition coefficient (Wildman–Crippen LogP) is 4.70. The first-order chi connectivity index (χ1) is 14.2. The number of para-hydroxylation sites is 1. The van der Waals surface area contributed by atoms with Crippen molar-refractivity contribution in [3.05, 3.63) is 65.2 Å². The number of nitrogens with zero attached hydrogens (tertiary/aromatic N) is 1. The number of anilines is 1. The maximum absolute atomic E-state index is 12.8. The predicted molar refractivity (Wildman–Crippen MR) is 122 cm³/mol. The lowest BCUT2D eigenvalue weighted by molar-refractivity contribution is 0.0920. The van der Waals surface area contributed by atoms with E-state index in [0.717, 1.165) is 25.6 Å². The maximum Gasteiger partial charge on any atom is 0.255 e. The second-order valence-corrected chi connectivity index (χ2v) is 9.38. The third-order valence-electron chi connectivity index (χ3n) is 5.27. The fourth-order valence-electron chi connectivity index (χ4n) is 3.84. The summed E-state index contributed by atoms with van der Waals surface area (Å²) in [6.45, 7) is 11.3. The number of carbonyl (C=O) groups is 2. The number of hydrogen-bond acceptors (Lipinski definition) is 3. The van der Waals surface area contributed by atoms with Crippen LogP contribution < -0.4 is 10.6 Å². The summed E-state index contributed by atoms with van der Waals surface area (Å²) in [7, 11) is 0. The van der Waals surface area contributed by atoms with Crippen LogP contribution in [0.25, 0.3) is 0 Å². The van der Waals surface area contributed by atoms with E-state index < -0.39 is 0 Å². The first-order valence-electron chi connectivity index (χ1n) is 10.8. The van der Waals surface area contributed by atoms with E-state index in [0.29, 0.717) is 16.8 Å². The van der Waals surface area contributed by atoms with E-state index in [1.807, 2.05) is 51.1 Å². The molecule has 2 aromatic carbocycles. The average molecular weight is 408 g/mol. The molecule has 5 nitrogen and oxygen atoms in total. The Balaban J connectivity index is 1.66. The fourth-order valence-corrected chi connectivity index (χ4v) is 3.84. The fraction of sp³-hybridized carbons (Fsp3) is 0.440. The van der Waals surface area contributed by atoms with Gasteiger partial charge in [-0.3, -0.25) is 14.5 Å². The van der Waals surface area contributed by atoms with Gasteiger partial charge in [-0.15, -0.1) is 0 Å². The Morgan fingerprint density at radius 2 is 1.73 bits per heavy atom. The van der Waals surface area contributed by atoms with Crippen molar-refractivity contribution >= 4 is 17.5 Å². The largest absolute Gasteiger partial charge is 0.347 e. The molecule has 1 saturated heterocycles. The number of hydrogen-bond donors (Lipinski definition) is 2. The van der Waals surface area contributed by atoms with Crippen molar-refractivity contribution in [3.63, 3.8) is 0 Å². The van der Waals surface area contributed by atoms with Gasteiger partial charge < -0.3 is 10.6 Å². The summed E-state index contributed by atoms with van der Waals surface area (Å²) in [5, 5.41) is 5.83. The molecule has 30 heavy (non-hydrogen) atoms. The number of rotatable bonds is 5. The van der Waals surface area contributed by atoms with Gasteiger partial charge in [-0.05, 0) is 75.9 Å². The Kier molecular flexibility index (Phi) is 6.93. The maximum atomic E-state index is 12.8. The smallest absolute Gasteiger partial charge is 0.255 e. The highest BCUT2D eigenvalue weighted by molar-refractivity contribution is 6.09. The molecule has 160 valence electrons. The molecule has 2 amide bonds. The van der Waals surface area contributed by atoms with Crippen LogP contribution in [0.4, 0.5) is 5.69 Å². The minimum atomic E-state index is -0.351. The minimum absolute atomic E-state index is 0.204. The first-order valence-corrected chi connectivity index (χ1v) is 10.8. The summed E-state index contributed by atoms with van der Waals surface area (Å²) in [6.07, 6.45) is 2.56. The highest BCUT2D eigenvalue weighted by atomic mass is 16.2. The van der Waals surface area contributed by atoms with Crippen molar-refractivity contribution in [1.82, 2.24) is 10.2 Å². The SMILES string of the molecule is C[C@H]1CCCN(Cc2ccc(C(=O)Nc3ccccc3C(=O)NC(C)(C)C)cc2)C1. The summed E-state index contributed by atoms with van der Waals surface area (Å²) < 4.78 is 0. The van der Waals surface area contributed by atoms with Gasteiger partial charge in [-0.25, -0.2) is 0 Å². The molecule has 1 fully saturated rings. The molecule has 0 spiro atoms. The molecule has 0 saturated carbocycles. The van der Waals surface area contributed by atoms with Crippen LogP contribution in [-0.2, 0) is 6.54 Å². The lowest BCUT2D eigenvalue weighted by Gasteiger charge is -2.30. The van der Waals surface area contributed by atoms with E-state index in [1.165, 1.54) is 18.4 Å². The summed E-state index contributed by atoms with van der Waals surface area (Å²) in [6, 6.07) is 14.8. The highest BCUT2D eigenvalue weighted by Gasteiger charge is 2.19. The van der Waals surface area contributed by atoms with Gasteiger partial charge in [-0.1, -0.05) is 31.2 Å². The lowest BCUT2D eigenvalue weighted by atomic mass is 9.99. The van der Waals surface area contributed by atoms with E-state index in [1.54, 1.807) is 18.2 Å². The van der Waals surface area contributed by atoms with Gasteiger partial charge in [0.2, 0.25) is 0 Å². The van der Waals surface area contributed by atoms with Crippen molar-refractivity contribution < 1.29 is 9.59 Å². The van der Waals surface area contributed by atoms with Gasteiger partial charge in [0.15, 0.2) is 0 Å². The van der Waals surface area contributed by atoms with Gasteiger partial charge in [-0.2, -0.15) is 0 Å². The Morgan fingerprint density at radius 1 is 1.03 bits per heavy atom. The van der Waals surface area contributed by atoms with Crippen molar-refractivity contribution in [2.45, 2.75) is 52.6 Å². The number of nitrogens with one attached hydrogen (secondary N) is 2. The van der Waals surface area contributed by atoms with E-state index >= 15 is 0 Å². The van der Waals surface area contributed by atoms with Crippen LogP contribution in [0.3, 0.4) is 0 Å². The van der Waals surface area contributed by atoms with E-state index in [2.05, 4.69) is 22.5 Å². The third kappa shape index (κ3) is 6.17. The minimum Gasteiger partial charge on any atom is -0.347 e. The van der Waals surface area contributed by atoms with Gasteiger partial charge in [0, 0.05) is 24.2 Å². The molecule has 0 aromatic heterocycles. The second-order valence-electron chi connectivity index (χ2n) is 9.38. The van der Waals surface area contributed by atoms with Gasteiger partial charge in [0.1, 0.15) is 0 Å². The lowest BCUT2D eigenvalue weighted by Crippen LogP contribution is -2.40. The van der Waals surface area contributed by atoms with Crippen LogP contribution in [0.2, 0.25) is 0 Å². The summed E-state index contributed by atoms with van der Waals surface area (Å²) in [5.41, 5.74) is 2.41. The normalized spacial score (nSPS) is 17.4. The van der Waals surface area contributed by atoms with Crippen molar-refractivity contribution in [3.8, 4) is 0 Å². The first kappa shape index (κ1) is 22.0. The Labute approximate surface area is 179 Å². The Hall–Kier alpha value is -2.66. The zero-order valence-electron chi connectivity index (χ0n) is 18.5. The number of amides is 2. The van der Waals surface area contributed by atoms with Crippen LogP contribution in [-0.4, -0.2) is 35.3 Å². The van der Waals surface area contributed by atoms with Gasteiger partial charge in [0.05, 0.1) is 11.3 Å². The van der Waals surface area contributed by atoms with Crippen LogP contribution in [0, 0.1) is 5.92 Å². The van der Waals surface area contributed by atoms with Crippen LogP contribution in [0.1, 0.15) is 66.8 Å². The second kappa shape index (κ2) is 9.43. The molecule has 5 heteroatoms. The highest BCUT2D eigenvalue weighted by Crippen LogP contribution is 2.20. The van der Waals surface area contributed by atoms with E-state index in [-0.39, 0.29) is 17.4 Å². The molecule has 2 aromatic rings. The van der Waals surface area contributed by atoms with Gasteiger partial charge >= 0.3 is 0 Å². The average Bonchev–Trinajstić information content (AvgIpc) is 2.67. The molecule has 1 atom stereocenters. The monoisotopic (exact) mass is 407 g/mol. The molecule has 2 N–H and O–H groups in total. The molecule has 1 aliphatic heterocycles. The van der Waals surface area contributed by atoms with E-state index in [4.69, 9.17) is 0 Å². The molecule has 0 bridgehead atoms. The Bertz CT molecular complexity index is 884. The zero-order chi connectivity index (χ0) is 21.7. The van der Waals surface area contributed by atoms with Crippen LogP contribution in [0.5, 0.6) is 0 Å². The van der Waals surface area contributed by atoms with Crippen LogP contribution >= 0.6 is 0 Å². The standard InChI is InChI=1S/C25H33N3O2/c1-18-8-7-15-28(16-18)17-19-11-13-20(14-12-19)23(29)26-22-10-6-5-9-21(22)24(30)27-25(2,3)4/h5-6,9-14,18H,7-8,15-17H2,1-4H3,(H,26,29)(H,27,30)/t18-/m0/s1. The number of benzene rings is 2. The molecule has 1 aliphatic rings. The molecule has 1 heterocycles. The topological polar surface area (TPSA) is 61.4 Å². The molecule has 0 unspecified atom stereocenters. The zero-order valence-corrected chi connectivity index (χ0v) is 18.5. The van der Waals surface area contributed by atoms with E-state index in [9.17, 15) is 9.59 Å². The van der Waals surface area contributed by atoms with Crippen molar-refractivity contribution in [2.75, 3.05) is 18.4 Å². The molecule has 0 radical (unpaired) electrons. The Morgan fingerprint density at radius 3 is 2.40 bits per heavy atom. The summed E-state index contributed by atoms with van der Waals surface area (Å²) in [4.78, 5) is 27.8. The summed E-state index contributed by atoms with van der Waals surface area (Å²) in [5.74, 6) is 0.327. The molecule has 0 aliphatic carbocycles. The molecule has 3 rings (SSSR count). The molecular weight excluding hydrogens is 374 g/mol. The van der Waals surface area contributed by atoms with Crippen molar-refractivity contribution in [1.29, 1.82) is 0 Å². The van der Waals surface area contributed by atoms with Gasteiger partial charge in [0.25, 0.3) is 11.8 Å². The summed E-state index contributed by atoms with van der Waals surface area (Å²) >= 11 is 0. The number of piperidine rings is 1. The molecular formula is C25H33N3O2.